The van der Waals surface area contributed by atoms with Gasteiger partial charge in [-0.1, -0.05) is 42.5 Å². The Labute approximate surface area is 176 Å². The van der Waals surface area contributed by atoms with Crippen LogP contribution >= 0.6 is 0 Å². The van der Waals surface area contributed by atoms with Crippen molar-refractivity contribution in [3.05, 3.63) is 71.4 Å². The number of carbonyl (C=O) groups is 2. The van der Waals surface area contributed by atoms with Crippen LogP contribution in [0.25, 0.3) is 10.9 Å². The summed E-state index contributed by atoms with van der Waals surface area (Å²) in [5.41, 5.74) is 4.76. The second-order valence-electron chi connectivity index (χ2n) is 8.00. The average molecular weight is 405 g/mol. The van der Waals surface area contributed by atoms with Crippen molar-refractivity contribution in [1.82, 2.24) is 10.3 Å². The molecule has 2 N–H and O–H groups in total. The Morgan fingerprint density at radius 3 is 2.87 bits per heavy atom. The number of aromatic nitrogens is 1. The van der Waals surface area contributed by atoms with E-state index in [9.17, 15) is 9.59 Å². The molecule has 5 nitrogen and oxygen atoms in total. The predicted molar refractivity (Wildman–Crippen MR) is 117 cm³/mol. The Bertz CT molecular complexity index is 1040. The van der Waals surface area contributed by atoms with E-state index >= 15 is 0 Å². The van der Waals surface area contributed by atoms with Crippen molar-refractivity contribution in [2.75, 3.05) is 0 Å². The van der Waals surface area contributed by atoms with Crippen LogP contribution in [0.5, 0.6) is 0 Å². The molecule has 30 heavy (non-hydrogen) atoms. The summed E-state index contributed by atoms with van der Waals surface area (Å²) in [6.45, 7) is 1.64. The van der Waals surface area contributed by atoms with Crippen LogP contribution in [0.2, 0.25) is 0 Å². The number of aromatic amines is 1. The number of aryl methyl sites for hydroxylation is 2. The number of nitrogens with one attached hydrogen (secondary N) is 2. The molecule has 0 saturated heterocycles. The number of benzene rings is 2. The van der Waals surface area contributed by atoms with E-state index in [1.807, 2.05) is 36.5 Å². The number of amides is 1. The zero-order valence-electron chi connectivity index (χ0n) is 17.3. The number of carbonyl (C=O) groups excluding carboxylic acids is 2. The summed E-state index contributed by atoms with van der Waals surface area (Å²) in [4.78, 5) is 28.1. The fourth-order valence-corrected chi connectivity index (χ4v) is 4.26. The van der Waals surface area contributed by atoms with Crippen LogP contribution < -0.4 is 5.32 Å². The fraction of sp³-hybridized carbons (Fsp3) is 0.360. The molecule has 3 aromatic rings. The van der Waals surface area contributed by atoms with Crippen molar-refractivity contribution < 1.29 is 14.3 Å². The third kappa shape index (κ3) is 4.56. The maximum absolute atomic E-state index is 12.6. The lowest BCUT2D eigenvalue weighted by atomic mass is 9.87. The molecular formula is C25H28N2O3. The normalized spacial score (nSPS) is 16.6. The molecule has 0 unspecified atom stereocenters. The largest absolute Gasteiger partial charge is 0.453 e. The highest BCUT2D eigenvalue weighted by Crippen LogP contribution is 2.29. The highest BCUT2D eigenvalue weighted by molar-refractivity contribution is 5.84. The topological polar surface area (TPSA) is 71.2 Å². The smallest absolute Gasteiger partial charge is 0.306 e. The summed E-state index contributed by atoms with van der Waals surface area (Å²) in [7, 11) is 0. The van der Waals surface area contributed by atoms with Crippen molar-refractivity contribution in [2.24, 2.45) is 0 Å². The maximum Gasteiger partial charge on any atom is 0.306 e. The van der Waals surface area contributed by atoms with E-state index in [1.165, 1.54) is 22.1 Å². The second kappa shape index (κ2) is 9.16. The molecule has 156 valence electrons. The maximum atomic E-state index is 12.6. The Balaban J connectivity index is 1.25. The first-order chi connectivity index (χ1) is 14.6. The van der Waals surface area contributed by atoms with E-state index < -0.39 is 6.10 Å². The molecule has 0 fully saturated rings. The zero-order valence-corrected chi connectivity index (χ0v) is 17.3. The van der Waals surface area contributed by atoms with Gasteiger partial charge in [0, 0.05) is 23.5 Å². The molecule has 0 bridgehead atoms. The Morgan fingerprint density at radius 2 is 1.97 bits per heavy atom. The molecule has 1 aliphatic rings. The molecule has 0 saturated carbocycles. The van der Waals surface area contributed by atoms with Gasteiger partial charge in [-0.25, -0.2) is 0 Å². The summed E-state index contributed by atoms with van der Waals surface area (Å²) in [5.74, 6) is -0.566. The van der Waals surface area contributed by atoms with E-state index in [2.05, 4.69) is 28.5 Å². The molecule has 2 aromatic carbocycles. The summed E-state index contributed by atoms with van der Waals surface area (Å²) in [6, 6.07) is 16.3. The minimum absolute atomic E-state index is 0.00882. The molecule has 1 aromatic heterocycles. The average Bonchev–Trinajstić information content (AvgIpc) is 3.17. The van der Waals surface area contributed by atoms with Gasteiger partial charge < -0.3 is 15.0 Å². The molecule has 1 aliphatic carbocycles. The van der Waals surface area contributed by atoms with Crippen LogP contribution in [0, 0.1) is 0 Å². The molecule has 0 spiro atoms. The molecule has 0 aliphatic heterocycles. The van der Waals surface area contributed by atoms with Crippen LogP contribution in [0.1, 0.15) is 55.3 Å². The summed E-state index contributed by atoms with van der Waals surface area (Å²) >= 11 is 0. The standard InChI is InChI=1S/C25H28N2O3/c1-17(25(29)27-23-14-6-9-18-8-2-3-11-20(18)23)30-24(28)15-7-10-19-16-26-22-13-5-4-12-21(19)22/h2-5,8,11-13,16-17,23,26H,6-7,9-10,14-15H2,1H3,(H,27,29)/t17-,23-/m0/s1. The van der Waals surface area contributed by atoms with Crippen LogP contribution in [0.4, 0.5) is 0 Å². The summed E-state index contributed by atoms with van der Waals surface area (Å²) < 4.78 is 5.39. The van der Waals surface area contributed by atoms with Gasteiger partial charge in [0.05, 0.1) is 6.04 Å². The number of para-hydroxylation sites is 1. The Morgan fingerprint density at radius 1 is 1.17 bits per heavy atom. The van der Waals surface area contributed by atoms with Crippen LogP contribution in [0.15, 0.2) is 54.7 Å². The number of rotatable bonds is 7. The van der Waals surface area contributed by atoms with Gasteiger partial charge in [-0.3, -0.25) is 9.59 Å². The number of H-pyrrole nitrogens is 1. The second-order valence-corrected chi connectivity index (χ2v) is 8.00. The minimum Gasteiger partial charge on any atom is -0.453 e. The van der Waals surface area contributed by atoms with E-state index in [1.54, 1.807) is 6.92 Å². The van der Waals surface area contributed by atoms with Gasteiger partial charge in [0.25, 0.3) is 5.91 Å². The van der Waals surface area contributed by atoms with Crippen LogP contribution in [0.3, 0.4) is 0 Å². The van der Waals surface area contributed by atoms with E-state index in [0.717, 1.165) is 31.2 Å². The van der Waals surface area contributed by atoms with E-state index in [4.69, 9.17) is 4.74 Å². The third-order valence-corrected chi connectivity index (χ3v) is 5.87. The van der Waals surface area contributed by atoms with Gasteiger partial charge in [-0.05, 0) is 61.8 Å². The molecule has 4 rings (SSSR count). The Hall–Kier alpha value is -3.08. The van der Waals surface area contributed by atoms with Crippen molar-refractivity contribution in [3.8, 4) is 0 Å². The molecule has 1 amide bonds. The minimum atomic E-state index is -0.792. The lowest BCUT2D eigenvalue weighted by Crippen LogP contribution is -2.39. The van der Waals surface area contributed by atoms with E-state index in [0.29, 0.717) is 12.8 Å². The lowest BCUT2D eigenvalue weighted by molar-refractivity contribution is -0.155. The SMILES string of the molecule is C[C@H](OC(=O)CCCc1c[nH]c2ccccc12)C(=O)N[C@H]1CCCc2ccccc21. The monoisotopic (exact) mass is 404 g/mol. The predicted octanol–water partition coefficient (Wildman–Crippen LogP) is 4.62. The number of ether oxygens (including phenoxy) is 1. The zero-order chi connectivity index (χ0) is 20.9. The van der Waals surface area contributed by atoms with Crippen molar-refractivity contribution >= 4 is 22.8 Å². The number of hydrogen-bond acceptors (Lipinski definition) is 3. The molecule has 5 heteroatoms. The third-order valence-electron chi connectivity index (χ3n) is 5.87. The molecule has 1 heterocycles. The van der Waals surface area contributed by atoms with Gasteiger partial charge in [-0.2, -0.15) is 0 Å². The number of hydrogen-bond donors (Lipinski definition) is 2. The molecule has 2 atom stereocenters. The molecule has 0 radical (unpaired) electrons. The first kappa shape index (κ1) is 20.2. The fourth-order valence-electron chi connectivity index (χ4n) is 4.26. The highest BCUT2D eigenvalue weighted by atomic mass is 16.5. The highest BCUT2D eigenvalue weighted by Gasteiger charge is 2.25. The number of esters is 1. The van der Waals surface area contributed by atoms with Gasteiger partial charge in [0.15, 0.2) is 6.10 Å². The van der Waals surface area contributed by atoms with Crippen LogP contribution in [-0.4, -0.2) is 23.0 Å². The van der Waals surface area contributed by atoms with E-state index in [-0.39, 0.29) is 17.9 Å². The van der Waals surface area contributed by atoms with Crippen molar-refractivity contribution in [1.29, 1.82) is 0 Å². The lowest BCUT2D eigenvalue weighted by Gasteiger charge is -2.27. The van der Waals surface area contributed by atoms with Crippen molar-refractivity contribution in [3.63, 3.8) is 0 Å². The first-order valence-corrected chi connectivity index (χ1v) is 10.7. The first-order valence-electron chi connectivity index (χ1n) is 10.7. The molecular weight excluding hydrogens is 376 g/mol. The Kier molecular flexibility index (Phi) is 6.17. The quantitative estimate of drug-likeness (QED) is 0.565. The summed E-state index contributed by atoms with van der Waals surface area (Å²) in [6.07, 6.45) is 5.97. The van der Waals surface area contributed by atoms with Crippen LogP contribution in [-0.2, 0) is 27.2 Å². The van der Waals surface area contributed by atoms with Crippen molar-refractivity contribution in [2.45, 2.75) is 57.6 Å². The number of fused-ring (bicyclic) bond motifs is 2. The van der Waals surface area contributed by atoms with Gasteiger partial charge in [-0.15, -0.1) is 0 Å². The van der Waals surface area contributed by atoms with Gasteiger partial charge >= 0.3 is 5.97 Å². The van der Waals surface area contributed by atoms with Gasteiger partial charge in [0.2, 0.25) is 0 Å². The van der Waals surface area contributed by atoms with Gasteiger partial charge in [0.1, 0.15) is 0 Å². The summed E-state index contributed by atoms with van der Waals surface area (Å²) in [5, 5.41) is 4.24.